The van der Waals surface area contributed by atoms with Gasteiger partial charge in [-0.2, -0.15) is 0 Å². The van der Waals surface area contributed by atoms with Gasteiger partial charge in [0.15, 0.2) is 0 Å². The number of ether oxygens (including phenoxy) is 2. The van der Waals surface area contributed by atoms with E-state index in [1.807, 2.05) is 11.9 Å². The highest BCUT2D eigenvalue weighted by Gasteiger charge is 2.58. The largest absolute Gasteiger partial charge is 0.469 e. The van der Waals surface area contributed by atoms with Crippen LogP contribution in [0.2, 0.25) is 0 Å². The quantitative estimate of drug-likeness (QED) is 0.672. The minimum atomic E-state index is -0.583. The van der Waals surface area contributed by atoms with Crippen LogP contribution in [0.4, 0.5) is 0 Å². The van der Waals surface area contributed by atoms with Gasteiger partial charge in [-0.05, 0) is 7.05 Å². The Hall–Kier alpha value is -1.07. The molecule has 2 bridgehead atoms. The van der Waals surface area contributed by atoms with Crippen molar-refractivity contribution in [1.82, 2.24) is 4.90 Å². The molecule has 4 atom stereocenters. The molecule has 2 aliphatic heterocycles. The summed E-state index contributed by atoms with van der Waals surface area (Å²) in [6, 6.07) is -0.470. The number of nitrogens with zero attached hydrogens (tertiary/aromatic N) is 1. The molecule has 0 spiro atoms. The summed E-state index contributed by atoms with van der Waals surface area (Å²) in [5, 5.41) is 0.591. The Morgan fingerprint density at radius 3 is 2.29 bits per heavy atom. The first-order valence-electron chi connectivity index (χ1n) is 5.27. The van der Waals surface area contributed by atoms with Gasteiger partial charge in [0.2, 0.25) is 0 Å². The molecule has 5 nitrogen and oxygen atoms in total. The first-order valence-corrected chi connectivity index (χ1v) is 5.65. The van der Waals surface area contributed by atoms with E-state index in [0.717, 1.165) is 0 Å². The Labute approximate surface area is 104 Å². The Balaban J connectivity index is 2.37. The molecule has 94 valence electrons. The first-order chi connectivity index (χ1) is 8.02. The smallest absolute Gasteiger partial charge is 0.311 e. The molecular formula is C11H14ClNO4. The lowest BCUT2D eigenvalue weighted by molar-refractivity contribution is -0.156. The molecule has 0 amide bonds. The lowest BCUT2D eigenvalue weighted by atomic mass is 9.83. The Morgan fingerprint density at radius 1 is 1.24 bits per heavy atom. The second-order valence-corrected chi connectivity index (χ2v) is 4.69. The van der Waals surface area contributed by atoms with Crippen LogP contribution in [0.1, 0.15) is 0 Å². The maximum atomic E-state index is 11.8. The summed E-state index contributed by atoms with van der Waals surface area (Å²) in [7, 11) is 4.45. The molecule has 0 radical (unpaired) electrons. The molecule has 0 saturated carbocycles. The highest BCUT2D eigenvalue weighted by molar-refractivity contribution is 6.31. The molecule has 1 fully saturated rings. The van der Waals surface area contributed by atoms with Crippen LogP contribution in [-0.2, 0) is 19.1 Å². The number of carbonyl (C=O) groups is 2. The SMILES string of the molecule is COC(=O)C1C(C(=O)OC)C2C(Cl)=CC1N2C. The summed E-state index contributed by atoms with van der Waals surface area (Å²) < 4.78 is 9.50. The van der Waals surface area contributed by atoms with Crippen LogP contribution in [0.5, 0.6) is 0 Å². The summed E-state index contributed by atoms with van der Waals surface area (Å²) in [6.45, 7) is 0. The molecule has 2 heterocycles. The van der Waals surface area contributed by atoms with Crippen LogP contribution in [0.15, 0.2) is 11.1 Å². The van der Waals surface area contributed by atoms with Gasteiger partial charge in [-0.1, -0.05) is 17.7 Å². The van der Waals surface area contributed by atoms with Gasteiger partial charge in [-0.3, -0.25) is 14.5 Å². The van der Waals surface area contributed by atoms with Gasteiger partial charge in [0.05, 0.1) is 32.1 Å². The lowest BCUT2D eigenvalue weighted by Gasteiger charge is -2.23. The fourth-order valence-corrected chi connectivity index (χ4v) is 3.20. The third-order valence-electron chi connectivity index (χ3n) is 3.56. The maximum Gasteiger partial charge on any atom is 0.311 e. The predicted molar refractivity (Wildman–Crippen MR) is 60.3 cm³/mol. The van der Waals surface area contributed by atoms with Gasteiger partial charge in [-0.15, -0.1) is 0 Å². The van der Waals surface area contributed by atoms with Crippen molar-refractivity contribution < 1.29 is 19.1 Å². The molecule has 6 heteroatoms. The zero-order chi connectivity index (χ0) is 12.7. The van der Waals surface area contributed by atoms with E-state index in [1.54, 1.807) is 6.08 Å². The molecule has 0 aromatic heterocycles. The molecule has 17 heavy (non-hydrogen) atoms. The van der Waals surface area contributed by atoms with Gasteiger partial charge in [0, 0.05) is 11.1 Å². The van der Waals surface area contributed by atoms with Gasteiger partial charge in [0.1, 0.15) is 0 Å². The zero-order valence-electron chi connectivity index (χ0n) is 9.84. The maximum absolute atomic E-state index is 11.8. The van der Waals surface area contributed by atoms with Crippen molar-refractivity contribution in [3.05, 3.63) is 11.1 Å². The molecule has 0 aromatic carbocycles. The number of esters is 2. The second-order valence-electron chi connectivity index (χ2n) is 4.25. The Bertz CT molecular complexity index is 395. The normalized spacial score (nSPS) is 35.6. The fraction of sp³-hybridized carbons (Fsp3) is 0.636. The summed E-state index contributed by atoms with van der Waals surface area (Å²) >= 11 is 6.07. The topological polar surface area (TPSA) is 55.8 Å². The minimum absolute atomic E-state index is 0.191. The van der Waals surface area contributed by atoms with E-state index in [-0.39, 0.29) is 12.1 Å². The molecule has 0 N–H and O–H groups in total. The number of halogens is 1. The first kappa shape index (κ1) is 12.4. The number of fused-ring (bicyclic) bond motifs is 2. The van der Waals surface area contributed by atoms with Gasteiger partial charge < -0.3 is 9.47 Å². The minimum Gasteiger partial charge on any atom is -0.469 e. The van der Waals surface area contributed by atoms with Crippen LogP contribution in [0, 0.1) is 11.8 Å². The number of rotatable bonds is 2. The Morgan fingerprint density at radius 2 is 1.76 bits per heavy atom. The molecule has 0 aliphatic carbocycles. The number of carbonyl (C=O) groups excluding carboxylic acids is 2. The van der Waals surface area contributed by atoms with Crippen molar-refractivity contribution in [2.45, 2.75) is 12.1 Å². The van der Waals surface area contributed by atoms with Crippen molar-refractivity contribution in [1.29, 1.82) is 0 Å². The monoisotopic (exact) mass is 259 g/mol. The summed E-state index contributed by atoms with van der Waals surface area (Å²) in [5.74, 6) is -1.95. The fourth-order valence-electron chi connectivity index (χ4n) is 2.78. The van der Waals surface area contributed by atoms with Crippen LogP contribution in [0.25, 0.3) is 0 Å². The average molecular weight is 260 g/mol. The lowest BCUT2D eigenvalue weighted by Crippen LogP contribution is -2.38. The van der Waals surface area contributed by atoms with E-state index < -0.39 is 23.8 Å². The van der Waals surface area contributed by atoms with Gasteiger partial charge in [-0.25, -0.2) is 0 Å². The molecule has 1 saturated heterocycles. The summed E-state index contributed by atoms with van der Waals surface area (Å²) in [4.78, 5) is 25.4. The zero-order valence-corrected chi connectivity index (χ0v) is 10.6. The number of likely N-dealkylation sites (N-methyl/N-ethyl adjacent to an activating group) is 1. The third kappa shape index (κ3) is 1.65. The van der Waals surface area contributed by atoms with Crippen LogP contribution in [0.3, 0.4) is 0 Å². The van der Waals surface area contributed by atoms with Crippen molar-refractivity contribution >= 4 is 23.5 Å². The van der Waals surface area contributed by atoms with E-state index in [2.05, 4.69) is 0 Å². The van der Waals surface area contributed by atoms with Crippen LogP contribution in [-0.4, -0.2) is 50.2 Å². The van der Waals surface area contributed by atoms with E-state index in [4.69, 9.17) is 21.1 Å². The Kier molecular flexibility index (Phi) is 3.14. The van der Waals surface area contributed by atoms with E-state index in [9.17, 15) is 9.59 Å². The van der Waals surface area contributed by atoms with Crippen molar-refractivity contribution in [2.24, 2.45) is 11.8 Å². The van der Waals surface area contributed by atoms with Gasteiger partial charge in [0.25, 0.3) is 0 Å². The molecular weight excluding hydrogens is 246 g/mol. The van der Waals surface area contributed by atoms with Crippen LogP contribution >= 0.6 is 11.6 Å². The number of hydrogen-bond donors (Lipinski definition) is 0. The van der Waals surface area contributed by atoms with Crippen molar-refractivity contribution in [3.63, 3.8) is 0 Å². The van der Waals surface area contributed by atoms with E-state index in [0.29, 0.717) is 5.03 Å². The molecule has 0 aromatic rings. The third-order valence-corrected chi connectivity index (χ3v) is 3.91. The second kappa shape index (κ2) is 4.31. The number of hydrogen-bond acceptors (Lipinski definition) is 5. The summed E-state index contributed by atoms with van der Waals surface area (Å²) in [5.41, 5.74) is 0. The standard InChI is InChI=1S/C11H14ClNO4/c1-13-6-4-5(12)9(13)8(11(15)17-3)7(6)10(14)16-2/h4,6-9H,1-3H3. The molecule has 4 unspecified atom stereocenters. The molecule has 2 aliphatic rings. The van der Waals surface area contributed by atoms with Crippen molar-refractivity contribution in [2.75, 3.05) is 21.3 Å². The van der Waals surface area contributed by atoms with Crippen molar-refractivity contribution in [3.8, 4) is 0 Å². The number of methoxy groups -OCH3 is 2. The predicted octanol–water partition coefficient (Wildman–Crippen LogP) is 0.384. The average Bonchev–Trinajstić information content (AvgIpc) is 2.76. The highest BCUT2D eigenvalue weighted by Crippen LogP contribution is 2.46. The van der Waals surface area contributed by atoms with Crippen LogP contribution < -0.4 is 0 Å². The van der Waals surface area contributed by atoms with E-state index >= 15 is 0 Å². The highest BCUT2D eigenvalue weighted by atomic mass is 35.5. The molecule has 2 rings (SSSR count). The van der Waals surface area contributed by atoms with E-state index in [1.165, 1.54) is 14.2 Å². The van der Waals surface area contributed by atoms with Gasteiger partial charge >= 0.3 is 11.9 Å². The summed E-state index contributed by atoms with van der Waals surface area (Å²) in [6.07, 6.45) is 1.80.